The molecule has 0 amide bonds. The fraction of sp³-hybridized carbons (Fsp3) is 0.278. The summed E-state index contributed by atoms with van der Waals surface area (Å²) < 4.78 is 6.64. The first kappa shape index (κ1) is 17.5. The highest BCUT2D eigenvalue weighted by atomic mass is 79.9. The molecule has 0 saturated carbocycles. The van der Waals surface area contributed by atoms with Crippen molar-refractivity contribution >= 4 is 21.9 Å². The van der Waals surface area contributed by atoms with Crippen LogP contribution in [0.3, 0.4) is 0 Å². The molecule has 2 aromatic carbocycles. The van der Waals surface area contributed by atoms with Gasteiger partial charge in [0.1, 0.15) is 12.4 Å². The summed E-state index contributed by atoms with van der Waals surface area (Å²) >= 11 is 3.43. The van der Waals surface area contributed by atoms with Crippen LogP contribution in [-0.2, 0) is 23.4 Å². The summed E-state index contributed by atoms with van der Waals surface area (Å²) in [6, 6.07) is 12.8. The molecule has 2 rings (SSSR count). The number of carboxylic acids is 1. The third-order valence-corrected chi connectivity index (χ3v) is 3.83. The number of aliphatic hydroxyl groups is 1. The molecule has 5 heteroatoms. The molecular weight excluding hydrogens is 360 g/mol. The van der Waals surface area contributed by atoms with Gasteiger partial charge in [-0.25, -0.2) is 0 Å². The van der Waals surface area contributed by atoms with Crippen LogP contribution in [0.2, 0.25) is 0 Å². The number of aliphatic carboxylic acids is 1. The van der Waals surface area contributed by atoms with E-state index in [2.05, 4.69) is 15.9 Å². The first-order valence-corrected chi connectivity index (χ1v) is 8.00. The van der Waals surface area contributed by atoms with Gasteiger partial charge in [0.05, 0.1) is 12.0 Å². The molecule has 122 valence electrons. The van der Waals surface area contributed by atoms with Crippen molar-refractivity contribution in [2.24, 2.45) is 0 Å². The predicted molar refractivity (Wildman–Crippen MR) is 91.5 cm³/mol. The summed E-state index contributed by atoms with van der Waals surface area (Å²) in [4.78, 5) is 10.9. The van der Waals surface area contributed by atoms with Crippen molar-refractivity contribution in [3.05, 3.63) is 63.6 Å². The lowest BCUT2D eigenvalue weighted by Crippen LogP contribution is -2.16. The van der Waals surface area contributed by atoms with Gasteiger partial charge in [-0.2, -0.15) is 0 Å². The molecule has 4 nitrogen and oxygen atoms in total. The topological polar surface area (TPSA) is 66.8 Å². The Balaban J connectivity index is 2.19. The normalized spacial score (nSPS) is 11.3. The van der Waals surface area contributed by atoms with E-state index in [-0.39, 0.29) is 6.42 Å². The molecule has 0 aromatic heterocycles. The molecule has 0 aliphatic rings. The summed E-state index contributed by atoms with van der Waals surface area (Å²) in [6.45, 7) is 3.74. The van der Waals surface area contributed by atoms with Crippen LogP contribution in [0.15, 0.2) is 46.9 Å². The minimum atomic E-state index is -0.945. The number of ether oxygens (including phenoxy) is 1. The lowest BCUT2D eigenvalue weighted by molar-refractivity contribution is -0.136. The molecular formula is C18H19BrO4. The molecule has 0 spiro atoms. The zero-order valence-electron chi connectivity index (χ0n) is 13.0. The second-order valence-electron chi connectivity index (χ2n) is 5.87. The number of hydrogen-bond acceptors (Lipinski definition) is 3. The second kappa shape index (κ2) is 7.15. The Labute approximate surface area is 143 Å². The maximum atomic E-state index is 10.9. The first-order valence-electron chi connectivity index (χ1n) is 7.20. The molecule has 0 atom stereocenters. The molecule has 2 N–H and O–H groups in total. The maximum absolute atomic E-state index is 10.9. The zero-order valence-corrected chi connectivity index (χ0v) is 14.6. The van der Waals surface area contributed by atoms with E-state index in [0.29, 0.717) is 17.9 Å². The first-order chi connectivity index (χ1) is 10.8. The van der Waals surface area contributed by atoms with Crippen LogP contribution in [0.1, 0.15) is 30.5 Å². The molecule has 23 heavy (non-hydrogen) atoms. The van der Waals surface area contributed by atoms with E-state index >= 15 is 0 Å². The number of carboxylic acid groups (broad SMARTS) is 1. The van der Waals surface area contributed by atoms with Gasteiger partial charge in [0.25, 0.3) is 0 Å². The SMILES string of the molecule is CC(C)(O)c1cc(Br)cc(COc2ccccc2CC(=O)O)c1. The van der Waals surface area contributed by atoms with Crippen molar-refractivity contribution in [3.8, 4) is 5.75 Å². The minimum absolute atomic E-state index is 0.0798. The number of halogens is 1. The highest BCUT2D eigenvalue weighted by molar-refractivity contribution is 9.10. The van der Waals surface area contributed by atoms with Crippen LogP contribution in [0.5, 0.6) is 5.75 Å². The van der Waals surface area contributed by atoms with Crippen LogP contribution >= 0.6 is 15.9 Å². The quantitative estimate of drug-likeness (QED) is 0.800. The Kier molecular flexibility index (Phi) is 5.44. The molecule has 0 heterocycles. The van der Waals surface area contributed by atoms with Gasteiger partial charge in [0, 0.05) is 10.0 Å². The molecule has 0 fully saturated rings. The predicted octanol–water partition coefficient (Wildman–Crippen LogP) is 3.88. The van der Waals surface area contributed by atoms with E-state index < -0.39 is 11.6 Å². The van der Waals surface area contributed by atoms with Crippen LogP contribution < -0.4 is 4.74 Å². The van der Waals surface area contributed by atoms with Crippen molar-refractivity contribution in [1.29, 1.82) is 0 Å². The van der Waals surface area contributed by atoms with Gasteiger partial charge in [0.15, 0.2) is 0 Å². The molecule has 0 saturated heterocycles. The van der Waals surface area contributed by atoms with Crippen LogP contribution in [0.4, 0.5) is 0 Å². The average Bonchev–Trinajstić information content (AvgIpc) is 2.44. The Morgan fingerprint density at radius 3 is 2.57 bits per heavy atom. The standard InChI is InChI=1S/C18H19BrO4/c1-18(2,22)14-7-12(8-15(19)10-14)11-23-16-6-4-3-5-13(16)9-17(20)21/h3-8,10,22H,9,11H2,1-2H3,(H,20,21). The third kappa shape index (κ3) is 5.08. The molecule has 0 aliphatic heterocycles. The van der Waals surface area contributed by atoms with Gasteiger partial charge in [-0.1, -0.05) is 34.1 Å². The number of benzene rings is 2. The summed E-state index contributed by atoms with van der Waals surface area (Å²) in [5.41, 5.74) is 1.36. The van der Waals surface area contributed by atoms with Crippen molar-refractivity contribution in [3.63, 3.8) is 0 Å². The lowest BCUT2D eigenvalue weighted by atomic mass is 9.97. The minimum Gasteiger partial charge on any atom is -0.489 e. The Morgan fingerprint density at radius 1 is 1.22 bits per heavy atom. The fourth-order valence-corrected chi connectivity index (χ4v) is 2.74. The van der Waals surface area contributed by atoms with Crippen molar-refractivity contribution < 1.29 is 19.7 Å². The largest absolute Gasteiger partial charge is 0.489 e. The molecule has 2 aromatic rings. The summed E-state index contributed by atoms with van der Waals surface area (Å²) in [5.74, 6) is -0.340. The Hall–Kier alpha value is -1.85. The smallest absolute Gasteiger partial charge is 0.307 e. The Bertz CT molecular complexity index is 704. The lowest BCUT2D eigenvalue weighted by Gasteiger charge is -2.19. The van der Waals surface area contributed by atoms with Gasteiger partial charge in [-0.3, -0.25) is 4.79 Å². The summed E-state index contributed by atoms with van der Waals surface area (Å²) in [5, 5.41) is 19.1. The highest BCUT2D eigenvalue weighted by Crippen LogP contribution is 2.26. The van der Waals surface area contributed by atoms with E-state index in [1.54, 1.807) is 32.0 Å². The number of carbonyl (C=O) groups is 1. The number of rotatable bonds is 6. The van der Waals surface area contributed by atoms with Crippen LogP contribution in [0.25, 0.3) is 0 Å². The summed E-state index contributed by atoms with van der Waals surface area (Å²) in [7, 11) is 0. The Morgan fingerprint density at radius 2 is 1.91 bits per heavy atom. The van der Waals surface area contributed by atoms with Crippen molar-refractivity contribution in [1.82, 2.24) is 0 Å². The zero-order chi connectivity index (χ0) is 17.0. The van der Waals surface area contributed by atoms with E-state index in [4.69, 9.17) is 9.84 Å². The third-order valence-electron chi connectivity index (χ3n) is 3.37. The van der Waals surface area contributed by atoms with E-state index in [1.165, 1.54) is 0 Å². The van der Waals surface area contributed by atoms with E-state index in [1.807, 2.05) is 24.3 Å². The van der Waals surface area contributed by atoms with Crippen molar-refractivity contribution in [2.45, 2.75) is 32.5 Å². The van der Waals surface area contributed by atoms with Crippen molar-refractivity contribution in [2.75, 3.05) is 0 Å². The monoisotopic (exact) mass is 378 g/mol. The van der Waals surface area contributed by atoms with E-state index in [9.17, 15) is 9.90 Å². The molecule has 0 aliphatic carbocycles. The fourth-order valence-electron chi connectivity index (χ4n) is 2.20. The van der Waals surface area contributed by atoms with Crippen LogP contribution in [0, 0.1) is 0 Å². The highest BCUT2D eigenvalue weighted by Gasteiger charge is 2.17. The van der Waals surface area contributed by atoms with Gasteiger partial charge < -0.3 is 14.9 Å². The maximum Gasteiger partial charge on any atom is 0.307 e. The second-order valence-corrected chi connectivity index (χ2v) is 6.79. The van der Waals surface area contributed by atoms with Gasteiger partial charge >= 0.3 is 5.97 Å². The number of hydrogen-bond donors (Lipinski definition) is 2. The van der Waals surface area contributed by atoms with Gasteiger partial charge in [0.2, 0.25) is 0 Å². The average molecular weight is 379 g/mol. The molecule has 0 bridgehead atoms. The molecule has 0 radical (unpaired) electrons. The van der Waals surface area contributed by atoms with Gasteiger partial charge in [-0.15, -0.1) is 0 Å². The van der Waals surface area contributed by atoms with E-state index in [0.717, 1.165) is 15.6 Å². The summed E-state index contributed by atoms with van der Waals surface area (Å²) in [6.07, 6.45) is -0.0798. The number of para-hydroxylation sites is 1. The van der Waals surface area contributed by atoms with Gasteiger partial charge in [-0.05, 0) is 49.2 Å². The molecule has 0 unspecified atom stereocenters. The van der Waals surface area contributed by atoms with Crippen LogP contribution in [-0.4, -0.2) is 16.2 Å².